The van der Waals surface area contributed by atoms with E-state index in [-0.39, 0.29) is 149 Å². The molecule has 4 aromatic rings. The molecule has 121 heavy (non-hydrogen) atoms. The van der Waals surface area contributed by atoms with Gasteiger partial charge in [-0.3, -0.25) is 82.4 Å². The minimum atomic E-state index is -5.08. The molecule has 4 aliphatic rings. The second-order valence-corrected chi connectivity index (χ2v) is 28.7. The zero-order valence-electron chi connectivity index (χ0n) is 65.7. The van der Waals surface area contributed by atoms with Crippen LogP contribution < -0.4 is 30.7 Å². The Morgan fingerprint density at radius 1 is 0.479 bits per heavy atom. The van der Waals surface area contributed by atoms with Crippen molar-refractivity contribution in [3.8, 4) is 23.6 Å². The van der Waals surface area contributed by atoms with Crippen molar-refractivity contribution in [2.75, 3.05) is 183 Å². The highest BCUT2D eigenvalue weighted by atomic mass is 19.4. The van der Waals surface area contributed by atoms with Gasteiger partial charge in [-0.25, -0.2) is 31.9 Å². The zero-order valence-corrected chi connectivity index (χ0v) is 65.7. The monoisotopic (exact) mass is 1720 g/mol. The van der Waals surface area contributed by atoms with Crippen LogP contribution in [0.2, 0.25) is 0 Å². The van der Waals surface area contributed by atoms with Gasteiger partial charge in [0.15, 0.2) is 0 Å². The lowest BCUT2D eigenvalue weighted by Gasteiger charge is -2.36. The molecule has 6 heterocycles. The maximum atomic E-state index is 14.8. The number of nitrogens with zero attached hydrogens (tertiary/aromatic N) is 14. The number of nitriles is 2. The SMILES string of the molecule is N#C[C@@H]1CC(F)(F)CN1C(=O)CNC(=O)c1ccnc2ccc(OCCCCNC(=O)N3CCN(CC(=O)O)CCN(C(=O)NCCCCOc4ccc5nccc(C(=O)NCC(=O)N6CC(F)(F)C[C@H]6C#N)c5c4)CCN(C(=O)CCC(C(=O)O)N4CCN(CC(=O)O)CCN(CC(=O)O)CCN(CC(=O)O)CC4)CC3)cc12.O=C(O)C(F)(F)F. The molecule has 2 aromatic heterocycles. The van der Waals surface area contributed by atoms with Crippen molar-refractivity contribution in [3.63, 3.8) is 0 Å². The number of urea groups is 2. The number of aliphatic carboxylic acids is 6. The maximum absolute atomic E-state index is 14.8. The standard InChI is InChI=1S/C73H94F4N18O19.C2HF3O2/c74-72(75)37-49(39-78)94(47-72)61(97)41-84-67(107)53-11-15-80-57-7-5-51(35-55(53)57)113-33-3-1-13-82-70(111)92-27-23-89(46-66(105)106)24-28-93(71(112)83-14-2-4-34-114-52-6-8-58-56(36-52)54(12-16-81-58)68(108)85-42-62(98)95-48-73(76,77)38-50(95)40-79)32-30-91(29-31-92)60(96)10-9-59(69(109)110)90-25-21-87(44-64(101)102)19-17-86(43-63(99)100)18-20-88(22-26-90)45-65(103)104;3-2(4,5)1(6)7/h5-8,11-12,15-16,35-36,49-50,59H,1-4,9-10,13-14,17-34,37-38,41-48H2,(H,82,111)(H,83,112)(H,84,107)(H,85,108)(H,99,100)(H,101,102)(H,103,104)(H,105,106)(H,109,110);(H,6,7)/t49-,50-,59?;/m0./s1. The van der Waals surface area contributed by atoms with Gasteiger partial charge in [0, 0.05) is 160 Å². The highest BCUT2D eigenvalue weighted by Gasteiger charge is 2.49. The lowest BCUT2D eigenvalue weighted by molar-refractivity contribution is -0.192. The van der Waals surface area contributed by atoms with Gasteiger partial charge in [-0.05, 0) is 80.6 Å². The van der Waals surface area contributed by atoms with Gasteiger partial charge in [-0.1, -0.05) is 0 Å². The molecule has 0 saturated carbocycles. The van der Waals surface area contributed by atoms with Crippen LogP contribution in [0.1, 0.15) is 72.1 Å². The number of aromatic nitrogens is 2. The molecule has 2 aromatic carbocycles. The number of unbranched alkanes of at least 4 members (excludes halogenated alkanes) is 2. The third kappa shape index (κ3) is 31.2. The number of halogens is 7. The van der Waals surface area contributed by atoms with Crippen LogP contribution in [-0.2, 0) is 43.2 Å². The van der Waals surface area contributed by atoms with Gasteiger partial charge in [0.25, 0.3) is 23.7 Å². The highest BCUT2D eigenvalue weighted by molar-refractivity contribution is 6.08. The van der Waals surface area contributed by atoms with E-state index in [9.17, 15) is 124 Å². The van der Waals surface area contributed by atoms with E-state index in [0.29, 0.717) is 59.0 Å². The van der Waals surface area contributed by atoms with Crippen LogP contribution in [0.3, 0.4) is 0 Å². The molecule has 1 unspecified atom stereocenters. The van der Waals surface area contributed by atoms with Crippen LogP contribution in [0.5, 0.6) is 11.5 Å². The molecule has 46 heteroatoms. The number of alkyl halides is 7. The van der Waals surface area contributed by atoms with Crippen LogP contribution in [0.15, 0.2) is 60.9 Å². The largest absolute Gasteiger partial charge is 0.494 e. The fraction of sp³-hybridized carbons (Fsp3) is 0.560. The number of pyridine rings is 2. The van der Waals surface area contributed by atoms with E-state index >= 15 is 0 Å². The number of amides is 9. The average Bonchev–Trinajstić information content (AvgIpc) is 1.72. The first-order chi connectivity index (χ1) is 57.3. The van der Waals surface area contributed by atoms with E-state index in [1.54, 1.807) is 58.3 Å². The number of hydrogen-bond donors (Lipinski definition) is 10. The number of carbonyl (C=O) groups excluding carboxylic acids is 7. The second kappa shape index (κ2) is 45.9. The van der Waals surface area contributed by atoms with E-state index in [2.05, 4.69) is 31.2 Å². The third-order valence-corrected chi connectivity index (χ3v) is 19.9. The Morgan fingerprint density at radius 2 is 0.826 bits per heavy atom. The van der Waals surface area contributed by atoms with Crippen molar-refractivity contribution in [3.05, 3.63) is 72.1 Å². The summed E-state index contributed by atoms with van der Waals surface area (Å²) in [6.45, 7) is -5.37. The minimum Gasteiger partial charge on any atom is -0.494 e. The summed E-state index contributed by atoms with van der Waals surface area (Å²) in [6, 6.07) is 10.5. The molecule has 4 fully saturated rings. The van der Waals surface area contributed by atoms with Gasteiger partial charge in [-0.2, -0.15) is 23.7 Å². The summed E-state index contributed by atoms with van der Waals surface area (Å²) in [6.07, 6.45) is -3.22. The number of ether oxygens (including phenoxy) is 2. The highest BCUT2D eigenvalue weighted by Crippen LogP contribution is 2.34. The van der Waals surface area contributed by atoms with E-state index in [0.717, 1.165) is 9.80 Å². The fourth-order valence-electron chi connectivity index (χ4n) is 13.6. The molecule has 0 radical (unpaired) electrons. The van der Waals surface area contributed by atoms with Crippen molar-refractivity contribution in [2.24, 2.45) is 0 Å². The number of rotatable bonds is 31. The molecule has 4 saturated heterocycles. The van der Waals surface area contributed by atoms with Crippen LogP contribution in [0.25, 0.3) is 21.8 Å². The number of carboxylic acid groups (broad SMARTS) is 6. The number of hydrogen-bond acceptors (Lipinski definition) is 24. The topological polar surface area (TPSA) is 516 Å². The number of carbonyl (C=O) groups is 13. The Morgan fingerprint density at radius 3 is 1.17 bits per heavy atom. The first-order valence-corrected chi connectivity index (χ1v) is 38.4. The minimum absolute atomic E-state index is 0.0194. The van der Waals surface area contributed by atoms with Crippen molar-refractivity contribution in [1.29, 1.82) is 10.5 Å². The fourth-order valence-corrected chi connectivity index (χ4v) is 13.6. The quantitative estimate of drug-likeness (QED) is 0.0251. The van der Waals surface area contributed by atoms with Crippen LogP contribution in [0.4, 0.5) is 40.3 Å². The van der Waals surface area contributed by atoms with Gasteiger partial charge in [0.05, 0.1) is 99.9 Å². The molecule has 3 atom stereocenters. The summed E-state index contributed by atoms with van der Waals surface area (Å²) in [4.78, 5) is 188. The average molecular weight is 1720 g/mol. The van der Waals surface area contributed by atoms with Crippen molar-refractivity contribution in [1.82, 2.24) is 80.2 Å². The Balaban J connectivity index is 0.00000275. The molecular formula is C75H95F7N18O21. The Labute approximate surface area is 687 Å². The lowest BCUT2D eigenvalue weighted by atomic mass is 10.1. The van der Waals surface area contributed by atoms with E-state index in [4.69, 9.17) is 19.4 Å². The molecular weight excluding hydrogens is 1620 g/mol. The molecule has 39 nitrogen and oxygen atoms in total. The molecule has 8 rings (SSSR count). The summed E-state index contributed by atoms with van der Waals surface area (Å²) < 4.78 is 99.9. The van der Waals surface area contributed by atoms with E-state index in [1.165, 1.54) is 53.9 Å². The Kier molecular flexibility index (Phi) is 36.4. The molecule has 0 spiro atoms. The summed E-state index contributed by atoms with van der Waals surface area (Å²) in [7, 11) is 0. The Hall–Kier alpha value is -12.1. The molecule has 4 aliphatic heterocycles. The summed E-state index contributed by atoms with van der Waals surface area (Å²) in [5.74, 6) is -18.4. The number of nitrogens with one attached hydrogen (secondary N) is 4. The lowest BCUT2D eigenvalue weighted by Crippen LogP contribution is -2.53. The van der Waals surface area contributed by atoms with Gasteiger partial charge in [0.1, 0.15) is 29.6 Å². The first-order valence-electron chi connectivity index (χ1n) is 38.4. The Bertz CT molecular complexity index is 4200. The normalized spacial score (nSPS) is 18.4. The van der Waals surface area contributed by atoms with Crippen molar-refractivity contribution < 1.29 is 133 Å². The first kappa shape index (κ1) is 96.0. The van der Waals surface area contributed by atoms with Crippen LogP contribution in [-0.4, -0.2) is 387 Å². The molecule has 10 N–H and O–H groups in total. The van der Waals surface area contributed by atoms with Gasteiger partial charge < -0.3 is 85.9 Å². The summed E-state index contributed by atoms with van der Waals surface area (Å²) >= 11 is 0. The predicted octanol–water partition coefficient (Wildman–Crippen LogP) is 1.37. The van der Waals surface area contributed by atoms with Crippen molar-refractivity contribution >= 4 is 99.2 Å². The smallest absolute Gasteiger partial charge is 0.490 e. The number of likely N-dealkylation sites (tertiary alicyclic amines) is 2. The molecule has 9 amide bonds. The summed E-state index contributed by atoms with van der Waals surface area (Å²) in [5.41, 5.74) is 0.985. The maximum Gasteiger partial charge on any atom is 0.490 e. The van der Waals surface area contributed by atoms with E-state index < -0.39 is 185 Å². The summed E-state index contributed by atoms with van der Waals surface area (Å²) in [5, 5.41) is 87.3. The van der Waals surface area contributed by atoms with E-state index in [1.807, 2.05) is 0 Å². The molecule has 0 bridgehead atoms. The third-order valence-electron chi connectivity index (χ3n) is 19.9. The van der Waals surface area contributed by atoms with Gasteiger partial charge >= 0.3 is 54.1 Å². The number of benzene rings is 2. The predicted molar refractivity (Wildman–Crippen MR) is 408 cm³/mol. The second-order valence-electron chi connectivity index (χ2n) is 28.7. The number of fused-ring (bicyclic) bond motifs is 2. The van der Waals surface area contributed by atoms with Crippen LogP contribution in [0, 0.1) is 22.7 Å². The van der Waals surface area contributed by atoms with Gasteiger partial charge in [-0.15, -0.1) is 0 Å². The van der Waals surface area contributed by atoms with Crippen molar-refractivity contribution in [2.45, 2.75) is 87.5 Å². The molecule has 0 aliphatic carbocycles. The van der Waals surface area contributed by atoms with Gasteiger partial charge in [0.2, 0.25) is 17.7 Å². The molecule has 660 valence electrons. The van der Waals surface area contributed by atoms with Crippen LogP contribution >= 0.6 is 0 Å². The zero-order chi connectivity index (χ0) is 88.7. The number of carboxylic acids is 6.